The Labute approximate surface area is 210 Å². The van der Waals surface area contributed by atoms with E-state index in [0.717, 1.165) is 11.8 Å². The third kappa shape index (κ3) is 14.5. The van der Waals surface area contributed by atoms with Crippen LogP contribution in [0.2, 0.25) is 0 Å². The second kappa shape index (κ2) is 18.1. The van der Waals surface area contributed by atoms with E-state index in [1.165, 1.54) is 25.7 Å². The van der Waals surface area contributed by atoms with Gasteiger partial charge in [-0.25, -0.2) is 0 Å². The topological polar surface area (TPSA) is 0 Å². The largest absolute Gasteiger partial charge is 0.0857 e. The van der Waals surface area contributed by atoms with Crippen LogP contribution in [0.3, 0.4) is 0 Å². The molecule has 2 rings (SSSR count). The summed E-state index contributed by atoms with van der Waals surface area (Å²) >= 11 is 0. The van der Waals surface area contributed by atoms with Gasteiger partial charge < -0.3 is 0 Å². The Hall–Kier alpha value is -1.30. The quantitative estimate of drug-likeness (QED) is 0.348. The molecular formula is C33H60. The van der Waals surface area contributed by atoms with Crippen molar-refractivity contribution >= 4 is 0 Å². The fourth-order valence-electron chi connectivity index (χ4n) is 4.22. The second-order valence-corrected chi connectivity index (χ2v) is 11.3. The highest BCUT2D eigenvalue weighted by molar-refractivity contribution is 5.32. The Bertz CT molecular complexity index is 596. The number of hydrogen-bond acceptors (Lipinski definition) is 0. The van der Waals surface area contributed by atoms with Crippen LogP contribution in [-0.2, 0) is 0 Å². The zero-order chi connectivity index (χ0) is 24.8. The zero-order valence-electron chi connectivity index (χ0n) is 23.8. The van der Waals surface area contributed by atoms with Crippen LogP contribution in [-0.4, -0.2) is 0 Å². The van der Waals surface area contributed by atoms with Gasteiger partial charge in [0, 0.05) is 0 Å². The maximum atomic E-state index is 2.32. The SMILES string of the molecule is C.CC(C)/C=C\C(C)C.CC(C)C1=C(C(C)C)CCC=C1.CC(C)C1=C(C(C)C)CCC=C1. The van der Waals surface area contributed by atoms with Crippen LogP contribution >= 0.6 is 0 Å². The molecule has 33 heavy (non-hydrogen) atoms. The molecule has 0 saturated carbocycles. The third-order valence-corrected chi connectivity index (χ3v) is 6.02. The van der Waals surface area contributed by atoms with Gasteiger partial charge in [0.1, 0.15) is 0 Å². The standard InChI is InChI=1S/2C12H20.C8H16.CH4/c2*1-9(2)11-7-5-6-8-12(11)10(3)4;1-7(2)5-6-8(3)4;/h2*5,7,9-10H,6,8H2,1-4H3;5-8H,1-4H3;1H4/b;;6-5-;. The molecule has 192 valence electrons. The van der Waals surface area contributed by atoms with E-state index < -0.39 is 0 Å². The lowest BCUT2D eigenvalue weighted by Gasteiger charge is -2.21. The maximum Gasteiger partial charge on any atom is -0.0219 e. The monoisotopic (exact) mass is 456 g/mol. The van der Waals surface area contributed by atoms with Gasteiger partial charge in [0.2, 0.25) is 0 Å². The first-order chi connectivity index (χ1) is 14.9. The number of rotatable bonds is 6. The highest BCUT2D eigenvalue weighted by atomic mass is 14.2. The van der Waals surface area contributed by atoms with Crippen LogP contribution in [0.4, 0.5) is 0 Å². The molecule has 0 aromatic rings. The molecule has 0 bridgehead atoms. The van der Waals surface area contributed by atoms with Crippen molar-refractivity contribution in [1.82, 2.24) is 0 Å². The number of allylic oxidation sites excluding steroid dienone is 10. The summed E-state index contributed by atoms with van der Waals surface area (Å²) < 4.78 is 0. The minimum absolute atomic E-state index is 0. The fourth-order valence-corrected chi connectivity index (χ4v) is 4.22. The van der Waals surface area contributed by atoms with Crippen molar-refractivity contribution in [3.8, 4) is 0 Å². The van der Waals surface area contributed by atoms with Gasteiger partial charge in [-0.3, -0.25) is 0 Å². The van der Waals surface area contributed by atoms with Crippen molar-refractivity contribution < 1.29 is 0 Å². The van der Waals surface area contributed by atoms with Crippen molar-refractivity contribution in [3.63, 3.8) is 0 Å². The fraction of sp³-hybridized carbons (Fsp3) is 0.697. The van der Waals surface area contributed by atoms with E-state index in [1.54, 1.807) is 22.3 Å². The molecule has 0 saturated heterocycles. The van der Waals surface area contributed by atoms with Crippen molar-refractivity contribution in [1.29, 1.82) is 0 Å². The molecule has 0 unspecified atom stereocenters. The third-order valence-electron chi connectivity index (χ3n) is 6.02. The van der Waals surface area contributed by atoms with Gasteiger partial charge in [-0.1, -0.05) is 138 Å². The summed E-state index contributed by atoms with van der Waals surface area (Å²) in [6.07, 6.45) is 18.8. The molecule has 0 spiro atoms. The molecule has 0 aromatic heterocycles. The first kappa shape index (κ1) is 33.9. The molecule has 0 radical (unpaired) electrons. The Kier molecular flexibility index (Phi) is 18.6. The molecule has 0 aliphatic heterocycles. The van der Waals surface area contributed by atoms with Crippen LogP contribution < -0.4 is 0 Å². The van der Waals surface area contributed by atoms with Crippen molar-refractivity contribution in [2.75, 3.05) is 0 Å². The Morgan fingerprint density at radius 2 is 0.818 bits per heavy atom. The lowest BCUT2D eigenvalue weighted by atomic mass is 9.84. The molecule has 0 heterocycles. The molecule has 0 atom stereocenters. The first-order valence-corrected chi connectivity index (χ1v) is 13.4. The van der Waals surface area contributed by atoms with Gasteiger partial charge in [-0.15, -0.1) is 0 Å². The van der Waals surface area contributed by atoms with E-state index in [-0.39, 0.29) is 7.43 Å². The molecule has 2 aliphatic carbocycles. The zero-order valence-corrected chi connectivity index (χ0v) is 23.8. The lowest BCUT2D eigenvalue weighted by molar-refractivity contribution is 0.657. The summed E-state index contributed by atoms with van der Waals surface area (Å²) in [6, 6.07) is 0. The molecular weight excluding hydrogens is 396 g/mol. The highest BCUT2D eigenvalue weighted by Crippen LogP contribution is 2.30. The average Bonchev–Trinajstić information content (AvgIpc) is 2.73. The van der Waals surface area contributed by atoms with Gasteiger partial charge in [0.25, 0.3) is 0 Å². The van der Waals surface area contributed by atoms with E-state index in [1.807, 2.05) is 0 Å². The molecule has 2 aliphatic rings. The number of hydrogen-bond donors (Lipinski definition) is 0. The predicted molar refractivity (Wildman–Crippen MR) is 156 cm³/mol. The minimum atomic E-state index is 0. The molecule has 0 fully saturated rings. The van der Waals surface area contributed by atoms with Crippen molar-refractivity contribution in [2.24, 2.45) is 35.5 Å². The Morgan fingerprint density at radius 1 is 0.515 bits per heavy atom. The molecule has 0 N–H and O–H groups in total. The second-order valence-electron chi connectivity index (χ2n) is 11.3. The lowest BCUT2D eigenvalue weighted by Crippen LogP contribution is -2.06. The van der Waals surface area contributed by atoms with E-state index in [2.05, 4.69) is 120 Å². The van der Waals surface area contributed by atoms with E-state index in [9.17, 15) is 0 Å². The molecule has 0 amide bonds. The summed E-state index contributed by atoms with van der Waals surface area (Å²) in [5.74, 6) is 4.26. The summed E-state index contributed by atoms with van der Waals surface area (Å²) in [5, 5.41) is 0. The molecule has 0 heteroatoms. The first-order valence-electron chi connectivity index (χ1n) is 13.4. The maximum absolute atomic E-state index is 2.32. The summed E-state index contributed by atoms with van der Waals surface area (Å²) in [5.41, 5.74) is 6.51. The van der Waals surface area contributed by atoms with Gasteiger partial charge in [-0.05, 0) is 72.3 Å². The van der Waals surface area contributed by atoms with Crippen LogP contribution in [0.15, 0.2) is 58.7 Å². The van der Waals surface area contributed by atoms with E-state index in [0.29, 0.717) is 23.7 Å². The van der Waals surface area contributed by atoms with Gasteiger partial charge in [0.05, 0.1) is 0 Å². The van der Waals surface area contributed by atoms with Crippen LogP contribution in [0.1, 0.15) is 116 Å². The van der Waals surface area contributed by atoms with Crippen LogP contribution in [0, 0.1) is 35.5 Å². The van der Waals surface area contributed by atoms with Gasteiger partial charge in [-0.2, -0.15) is 0 Å². The normalized spacial score (nSPS) is 16.2. The van der Waals surface area contributed by atoms with Crippen molar-refractivity contribution in [2.45, 2.75) is 116 Å². The molecule has 0 aromatic carbocycles. The summed E-state index contributed by atoms with van der Waals surface area (Å²) in [4.78, 5) is 0. The Morgan fingerprint density at radius 3 is 1.00 bits per heavy atom. The summed E-state index contributed by atoms with van der Waals surface area (Å²) in [7, 11) is 0. The minimum Gasteiger partial charge on any atom is -0.0857 e. The molecule has 0 nitrogen and oxygen atoms in total. The van der Waals surface area contributed by atoms with E-state index >= 15 is 0 Å². The van der Waals surface area contributed by atoms with Gasteiger partial charge >= 0.3 is 0 Å². The van der Waals surface area contributed by atoms with Gasteiger partial charge in [0.15, 0.2) is 0 Å². The smallest absolute Gasteiger partial charge is 0.0219 e. The van der Waals surface area contributed by atoms with Crippen LogP contribution in [0.25, 0.3) is 0 Å². The summed E-state index contributed by atoms with van der Waals surface area (Å²) in [6.45, 7) is 27.1. The Balaban J connectivity index is 0. The van der Waals surface area contributed by atoms with E-state index in [4.69, 9.17) is 0 Å². The van der Waals surface area contributed by atoms with Crippen LogP contribution in [0.5, 0.6) is 0 Å². The highest BCUT2D eigenvalue weighted by Gasteiger charge is 2.14. The van der Waals surface area contributed by atoms with Crippen molar-refractivity contribution in [3.05, 3.63) is 58.7 Å². The predicted octanol–water partition coefficient (Wildman–Crippen LogP) is 11.4. The average molecular weight is 457 g/mol.